The molecule has 0 bridgehead atoms. The molecule has 0 aliphatic rings. The van der Waals surface area contributed by atoms with Crippen molar-refractivity contribution in [3.63, 3.8) is 0 Å². The van der Waals surface area contributed by atoms with Crippen LogP contribution < -0.4 is 0 Å². The van der Waals surface area contributed by atoms with Crippen LogP contribution in [0.25, 0.3) is 0 Å². The molecule has 0 radical (unpaired) electrons. The number of rotatable bonds is 6. The standard InChI is InChI=1S/C13H14F2N2O3S/c1-17(7-2-6-16)13(18)5-8-21(19,20)12-4-3-10(14)9-11(12)15/h3-4,9H,2,5,7-8H2,1H3. The van der Waals surface area contributed by atoms with Crippen LogP contribution in [0.3, 0.4) is 0 Å². The molecule has 0 saturated carbocycles. The van der Waals surface area contributed by atoms with Gasteiger partial charge in [0.15, 0.2) is 9.84 Å². The van der Waals surface area contributed by atoms with E-state index in [2.05, 4.69) is 0 Å². The van der Waals surface area contributed by atoms with E-state index in [1.54, 1.807) is 0 Å². The highest BCUT2D eigenvalue weighted by Crippen LogP contribution is 2.17. The van der Waals surface area contributed by atoms with Crippen molar-refractivity contribution in [1.82, 2.24) is 4.90 Å². The van der Waals surface area contributed by atoms with Crippen molar-refractivity contribution in [2.24, 2.45) is 0 Å². The number of amides is 1. The lowest BCUT2D eigenvalue weighted by Crippen LogP contribution is -2.29. The second kappa shape index (κ2) is 7.13. The van der Waals surface area contributed by atoms with Gasteiger partial charge in [-0.05, 0) is 12.1 Å². The molecule has 8 heteroatoms. The van der Waals surface area contributed by atoms with Crippen LogP contribution in [0.5, 0.6) is 0 Å². The molecule has 0 saturated heterocycles. The summed E-state index contributed by atoms with van der Waals surface area (Å²) in [5, 5.41) is 8.40. The number of sulfone groups is 1. The minimum absolute atomic E-state index is 0.140. The van der Waals surface area contributed by atoms with Crippen molar-refractivity contribution < 1.29 is 22.0 Å². The summed E-state index contributed by atoms with van der Waals surface area (Å²) in [4.78, 5) is 12.3. The topological polar surface area (TPSA) is 78.2 Å². The first kappa shape index (κ1) is 17.0. The van der Waals surface area contributed by atoms with E-state index in [0.29, 0.717) is 6.07 Å². The van der Waals surface area contributed by atoms with Crippen LogP contribution in [-0.4, -0.2) is 38.6 Å². The van der Waals surface area contributed by atoms with Crippen molar-refractivity contribution in [2.45, 2.75) is 17.7 Å². The maximum Gasteiger partial charge on any atom is 0.223 e. The lowest BCUT2D eigenvalue weighted by molar-refractivity contribution is -0.129. The van der Waals surface area contributed by atoms with E-state index >= 15 is 0 Å². The Balaban J connectivity index is 2.74. The monoisotopic (exact) mass is 316 g/mol. The van der Waals surface area contributed by atoms with Gasteiger partial charge >= 0.3 is 0 Å². The van der Waals surface area contributed by atoms with Crippen molar-refractivity contribution in [3.8, 4) is 6.07 Å². The fourth-order valence-electron chi connectivity index (χ4n) is 1.59. The lowest BCUT2D eigenvalue weighted by Gasteiger charge is -2.15. The first-order chi connectivity index (χ1) is 9.77. The molecule has 1 amide bonds. The van der Waals surface area contributed by atoms with E-state index in [1.165, 1.54) is 11.9 Å². The van der Waals surface area contributed by atoms with Crippen LogP contribution in [0.4, 0.5) is 8.78 Å². The van der Waals surface area contributed by atoms with E-state index in [9.17, 15) is 22.0 Å². The Morgan fingerprint density at radius 3 is 2.62 bits per heavy atom. The van der Waals surface area contributed by atoms with Crippen LogP contribution in [0, 0.1) is 23.0 Å². The average Bonchev–Trinajstić information content (AvgIpc) is 2.41. The summed E-state index contributed by atoms with van der Waals surface area (Å²) in [7, 11) is -2.56. The summed E-state index contributed by atoms with van der Waals surface area (Å²) in [6.07, 6.45) is -0.192. The number of halogens is 2. The second-order valence-electron chi connectivity index (χ2n) is 4.37. The van der Waals surface area contributed by atoms with Crippen molar-refractivity contribution in [2.75, 3.05) is 19.3 Å². The summed E-state index contributed by atoms with van der Waals surface area (Å²) < 4.78 is 50.0. The molecule has 0 aliphatic carbocycles. The van der Waals surface area contributed by atoms with E-state index in [-0.39, 0.29) is 19.4 Å². The Morgan fingerprint density at radius 2 is 2.05 bits per heavy atom. The molecule has 1 aromatic carbocycles. The predicted molar refractivity (Wildman–Crippen MR) is 70.9 cm³/mol. The van der Waals surface area contributed by atoms with Crippen molar-refractivity contribution >= 4 is 15.7 Å². The van der Waals surface area contributed by atoms with Gasteiger partial charge in [0.05, 0.1) is 18.2 Å². The molecule has 1 aromatic rings. The molecule has 0 N–H and O–H groups in total. The van der Waals surface area contributed by atoms with Gasteiger partial charge in [0, 0.05) is 26.1 Å². The van der Waals surface area contributed by atoms with E-state index in [4.69, 9.17) is 5.26 Å². The molecule has 0 spiro atoms. The normalized spacial score (nSPS) is 11.0. The molecule has 21 heavy (non-hydrogen) atoms. The number of carbonyl (C=O) groups excluding carboxylic acids is 1. The molecule has 1 rings (SSSR count). The van der Waals surface area contributed by atoms with E-state index in [1.807, 2.05) is 6.07 Å². The van der Waals surface area contributed by atoms with Crippen LogP contribution in [0.15, 0.2) is 23.1 Å². The Bertz CT molecular complexity index is 668. The average molecular weight is 316 g/mol. The third-order valence-corrected chi connectivity index (χ3v) is 4.54. The summed E-state index contributed by atoms with van der Waals surface area (Å²) >= 11 is 0. The smallest absolute Gasteiger partial charge is 0.223 e. The maximum absolute atomic E-state index is 13.4. The number of hydrogen-bond acceptors (Lipinski definition) is 4. The number of nitriles is 1. The SMILES string of the molecule is CN(CCC#N)C(=O)CCS(=O)(=O)c1ccc(F)cc1F. The Kier molecular flexibility index (Phi) is 5.79. The maximum atomic E-state index is 13.4. The first-order valence-corrected chi connectivity index (χ1v) is 7.72. The zero-order chi connectivity index (χ0) is 16.0. The quantitative estimate of drug-likeness (QED) is 0.745. The van der Waals surface area contributed by atoms with Crippen molar-refractivity contribution in [3.05, 3.63) is 29.8 Å². The third kappa shape index (κ3) is 4.79. The number of carbonyl (C=O) groups is 1. The highest BCUT2D eigenvalue weighted by molar-refractivity contribution is 7.91. The Morgan fingerprint density at radius 1 is 1.38 bits per heavy atom. The fourth-order valence-corrected chi connectivity index (χ4v) is 2.89. The molecule has 0 heterocycles. The van der Waals surface area contributed by atoms with Gasteiger partial charge in [-0.2, -0.15) is 5.26 Å². The summed E-state index contributed by atoms with van der Waals surface area (Å²) in [5.74, 6) is -3.10. The molecule has 0 atom stereocenters. The van der Waals surface area contributed by atoms with Gasteiger partial charge in [-0.15, -0.1) is 0 Å². The summed E-state index contributed by atoms with van der Waals surface area (Å²) in [5.41, 5.74) is 0. The zero-order valence-corrected chi connectivity index (χ0v) is 12.2. The molecule has 0 aliphatic heterocycles. The second-order valence-corrected chi connectivity index (χ2v) is 6.44. The van der Waals surface area contributed by atoms with Gasteiger partial charge in [-0.3, -0.25) is 4.79 Å². The van der Waals surface area contributed by atoms with Gasteiger partial charge in [0.25, 0.3) is 0 Å². The fraction of sp³-hybridized carbons (Fsp3) is 0.385. The van der Waals surface area contributed by atoms with E-state index in [0.717, 1.165) is 12.1 Å². The molecule has 0 unspecified atom stereocenters. The Hall–Kier alpha value is -2.01. The molecular formula is C13H14F2N2O3S. The summed E-state index contributed by atoms with van der Waals surface area (Å²) in [6, 6.07) is 4.03. The zero-order valence-electron chi connectivity index (χ0n) is 11.3. The molecule has 114 valence electrons. The van der Waals surface area contributed by atoms with Crippen LogP contribution in [0.1, 0.15) is 12.8 Å². The highest BCUT2D eigenvalue weighted by atomic mass is 32.2. The van der Waals surface area contributed by atoms with Crippen LogP contribution in [-0.2, 0) is 14.6 Å². The van der Waals surface area contributed by atoms with Gasteiger partial charge in [-0.25, -0.2) is 17.2 Å². The lowest BCUT2D eigenvalue weighted by atomic mass is 10.3. The number of benzene rings is 1. The van der Waals surface area contributed by atoms with Gasteiger partial charge in [0.2, 0.25) is 5.91 Å². The van der Waals surface area contributed by atoms with Crippen LogP contribution >= 0.6 is 0 Å². The van der Waals surface area contributed by atoms with Gasteiger partial charge < -0.3 is 4.90 Å². The minimum atomic E-state index is -4.01. The van der Waals surface area contributed by atoms with Crippen LogP contribution in [0.2, 0.25) is 0 Å². The molecular weight excluding hydrogens is 302 g/mol. The van der Waals surface area contributed by atoms with Gasteiger partial charge in [0.1, 0.15) is 16.5 Å². The third-order valence-electron chi connectivity index (χ3n) is 2.80. The minimum Gasteiger partial charge on any atom is -0.345 e. The molecule has 0 fully saturated rings. The van der Waals surface area contributed by atoms with Crippen molar-refractivity contribution in [1.29, 1.82) is 5.26 Å². The predicted octanol–water partition coefficient (Wildman–Crippen LogP) is 1.50. The molecule has 0 aromatic heterocycles. The Labute approximate surface area is 121 Å². The first-order valence-electron chi connectivity index (χ1n) is 6.06. The van der Waals surface area contributed by atoms with Gasteiger partial charge in [-0.1, -0.05) is 0 Å². The summed E-state index contributed by atoms with van der Waals surface area (Å²) in [6.45, 7) is 0.195. The molecule has 5 nitrogen and oxygen atoms in total. The number of nitrogens with zero attached hydrogens (tertiary/aromatic N) is 2. The largest absolute Gasteiger partial charge is 0.345 e. The van der Waals surface area contributed by atoms with E-state index < -0.39 is 38.0 Å². The number of hydrogen-bond donors (Lipinski definition) is 0. The highest BCUT2D eigenvalue weighted by Gasteiger charge is 2.21.